The van der Waals surface area contributed by atoms with Gasteiger partial charge < -0.3 is 5.32 Å². The summed E-state index contributed by atoms with van der Waals surface area (Å²) in [6.45, 7) is 6.00. The van der Waals surface area contributed by atoms with E-state index in [1.807, 2.05) is 29.5 Å². The number of hydrogen-bond acceptors (Lipinski definition) is 6. The molecule has 0 fully saturated rings. The predicted molar refractivity (Wildman–Crippen MR) is 129 cm³/mol. The van der Waals surface area contributed by atoms with Crippen molar-refractivity contribution in [1.82, 2.24) is 19.6 Å². The number of rotatable bonds is 4. The van der Waals surface area contributed by atoms with Gasteiger partial charge in [0.05, 0.1) is 21.0 Å². The zero-order chi connectivity index (χ0) is 21.7. The molecule has 31 heavy (non-hydrogen) atoms. The van der Waals surface area contributed by atoms with Crippen molar-refractivity contribution >= 4 is 72.5 Å². The highest BCUT2D eigenvalue weighted by molar-refractivity contribution is 8.00. The van der Waals surface area contributed by atoms with Gasteiger partial charge in [0.1, 0.15) is 0 Å². The smallest absolute Gasteiger partial charge is 0.239 e. The van der Waals surface area contributed by atoms with Crippen LogP contribution in [-0.4, -0.2) is 30.7 Å². The molecule has 0 radical (unpaired) electrons. The van der Waals surface area contributed by atoms with Crippen LogP contribution in [-0.2, 0) is 4.79 Å². The second-order valence-corrected chi connectivity index (χ2v) is 10.1. The molecule has 5 aromatic rings. The first kappa shape index (κ1) is 20.2. The number of aryl methyl sites for hydroxylation is 2. The number of pyridine rings is 1. The Kier molecular flexibility index (Phi) is 5.08. The fourth-order valence-electron chi connectivity index (χ4n) is 3.58. The Labute approximate surface area is 191 Å². The standard InChI is InChI=1S/C22H18ClN5OS2/c1-11-5-4-6-15-12(2)9-18-26-27-22(28(18)19(11)15)30-13(3)20(29)25-21-24-16-8-7-14(23)10-17(16)31-21/h4-10,13H,1-3H3,(H,24,25,29). The summed E-state index contributed by atoms with van der Waals surface area (Å²) in [4.78, 5) is 17.3. The second-order valence-electron chi connectivity index (χ2n) is 7.36. The molecule has 9 heteroatoms. The number of nitrogens with zero attached hydrogens (tertiary/aromatic N) is 4. The molecule has 5 rings (SSSR count). The first-order valence-corrected chi connectivity index (χ1v) is 11.8. The summed E-state index contributed by atoms with van der Waals surface area (Å²) in [7, 11) is 0. The number of carbonyl (C=O) groups is 1. The summed E-state index contributed by atoms with van der Waals surface area (Å²) in [5, 5.41) is 14.3. The zero-order valence-electron chi connectivity index (χ0n) is 17.0. The van der Waals surface area contributed by atoms with Crippen molar-refractivity contribution in [3.8, 4) is 0 Å². The van der Waals surface area contributed by atoms with Crippen LogP contribution in [0.3, 0.4) is 0 Å². The first-order chi connectivity index (χ1) is 14.9. The van der Waals surface area contributed by atoms with Gasteiger partial charge >= 0.3 is 0 Å². The highest BCUT2D eigenvalue weighted by atomic mass is 35.5. The molecule has 0 bridgehead atoms. The van der Waals surface area contributed by atoms with E-state index in [0.717, 1.165) is 37.9 Å². The summed E-state index contributed by atoms with van der Waals surface area (Å²) in [5.74, 6) is -0.139. The Balaban J connectivity index is 1.44. The summed E-state index contributed by atoms with van der Waals surface area (Å²) in [6.07, 6.45) is 0. The molecule has 156 valence electrons. The lowest BCUT2D eigenvalue weighted by Gasteiger charge is -2.12. The van der Waals surface area contributed by atoms with Gasteiger partial charge in [-0.2, -0.15) is 0 Å². The summed E-state index contributed by atoms with van der Waals surface area (Å²) in [6, 6.07) is 13.7. The first-order valence-electron chi connectivity index (χ1n) is 9.68. The molecule has 1 amide bonds. The van der Waals surface area contributed by atoms with E-state index < -0.39 is 0 Å². The molecule has 3 aromatic heterocycles. The molecule has 0 saturated heterocycles. The molecule has 0 aliphatic heterocycles. The Morgan fingerprint density at radius 2 is 2.00 bits per heavy atom. The number of thiazole rings is 1. The summed E-state index contributed by atoms with van der Waals surface area (Å²) in [5.41, 5.74) is 4.94. The molecular formula is C22H18ClN5OS2. The molecule has 0 aliphatic rings. The van der Waals surface area contributed by atoms with E-state index in [4.69, 9.17) is 11.6 Å². The van der Waals surface area contributed by atoms with E-state index >= 15 is 0 Å². The van der Waals surface area contributed by atoms with Crippen LogP contribution in [0.4, 0.5) is 5.13 Å². The largest absolute Gasteiger partial charge is 0.301 e. The lowest BCUT2D eigenvalue weighted by atomic mass is 10.1. The lowest BCUT2D eigenvalue weighted by molar-refractivity contribution is -0.115. The fourth-order valence-corrected chi connectivity index (χ4v) is 5.58. The minimum atomic E-state index is -0.386. The van der Waals surface area contributed by atoms with Crippen molar-refractivity contribution in [2.75, 3.05) is 5.32 Å². The highest BCUT2D eigenvalue weighted by Gasteiger charge is 2.21. The van der Waals surface area contributed by atoms with Gasteiger partial charge in [0.2, 0.25) is 5.91 Å². The number of nitrogens with one attached hydrogen (secondary N) is 1. The molecule has 6 nitrogen and oxygen atoms in total. The molecule has 0 saturated carbocycles. The maximum absolute atomic E-state index is 12.9. The van der Waals surface area contributed by atoms with Gasteiger partial charge in [-0.3, -0.25) is 9.20 Å². The molecule has 1 N–H and O–H groups in total. The number of halogens is 1. The monoisotopic (exact) mass is 467 g/mol. The molecule has 3 heterocycles. The van der Waals surface area contributed by atoms with Gasteiger partial charge in [-0.15, -0.1) is 10.2 Å². The van der Waals surface area contributed by atoms with Crippen molar-refractivity contribution in [3.05, 3.63) is 58.6 Å². The second kappa shape index (κ2) is 7.78. The zero-order valence-corrected chi connectivity index (χ0v) is 19.4. The van der Waals surface area contributed by atoms with Gasteiger partial charge in [0.15, 0.2) is 15.9 Å². The van der Waals surface area contributed by atoms with Crippen molar-refractivity contribution in [3.63, 3.8) is 0 Å². The third-order valence-corrected chi connectivity index (χ3v) is 7.33. The quantitative estimate of drug-likeness (QED) is 0.334. The molecule has 2 aromatic carbocycles. The predicted octanol–water partition coefficient (Wildman–Crippen LogP) is 5.88. The lowest BCUT2D eigenvalue weighted by Crippen LogP contribution is -2.22. The third kappa shape index (κ3) is 3.64. The number of amides is 1. The average molecular weight is 468 g/mol. The van der Waals surface area contributed by atoms with E-state index in [0.29, 0.717) is 15.3 Å². The van der Waals surface area contributed by atoms with Crippen LogP contribution in [0.2, 0.25) is 5.02 Å². The van der Waals surface area contributed by atoms with Crippen molar-refractivity contribution in [2.24, 2.45) is 0 Å². The minimum Gasteiger partial charge on any atom is -0.301 e. The Morgan fingerprint density at radius 1 is 1.16 bits per heavy atom. The van der Waals surface area contributed by atoms with Gasteiger partial charge in [0, 0.05) is 10.4 Å². The van der Waals surface area contributed by atoms with Crippen LogP contribution in [0, 0.1) is 13.8 Å². The third-order valence-electron chi connectivity index (χ3n) is 5.12. The molecular weight excluding hydrogens is 450 g/mol. The van der Waals surface area contributed by atoms with Crippen LogP contribution in [0.5, 0.6) is 0 Å². The van der Waals surface area contributed by atoms with Gasteiger partial charge in [-0.05, 0) is 56.2 Å². The Morgan fingerprint density at radius 3 is 2.84 bits per heavy atom. The van der Waals surface area contributed by atoms with Crippen LogP contribution in [0.1, 0.15) is 18.1 Å². The summed E-state index contributed by atoms with van der Waals surface area (Å²) < 4.78 is 2.97. The minimum absolute atomic E-state index is 0.139. The van der Waals surface area contributed by atoms with E-state index in [2.05, 4.69) is 52.5 Å². The topological polar surface area (TPSA) is 72.2 Å². The molecule has 1 unspecified atom stereocenters. The number of carbonyl (C=O) groups excluding carboxylic acids is 1. The van der Waals surface area contributed by atoms with Crippen molar-refractivity contribution < 1.29 is 4.79 Å². The maximum atomic E-state index is 12.9. The van der Waals surface area contributed by atoms with Crippen LogP contribution in [0.25, 0.3) is 26.8 Å². The van der Waals surface area contributed by atoms with E-state index in [9.17, 15) is 4.79 Å². The fraction of sp³-hybridized carbons (Fsp3) is 0.182. The number of anilines is 1. The van der Waals surface area contributed by atoms with Crippen LogP contribution in [0.15, 0.2) is 47.6 Å². The Hall–Kier alpha value is -2.68. The van der Waals surface area contributed by atoms with E-state index in [1.165, 1.54) is 23.1 Å². The van der Waals surface area contributed by atoms with Crippen molar-refractivity contribution in [1.29, 1.82) is 0 Å². The SMILES string of the molecule is Cc1cc2nnc(SC(C)C(=O)Nc3nc4ccc(Cl)cc4s3)n2c2c(C)cccc12. The van der Waals surface area contributed by atoms with Crippen LogP contribution < -0.4 is 5.32 Å². The number of aromatic nitrogens is 4. The number of benzene rings is 2. The number of para-hydroxylation sites is 1. The number of fused-ring (bicyclic) bond motifs is 4. The van der Waals surface area contributed by atoms with E-state index in [1.54, 1.807) is 6.07 Å². The average Bonchev–Trinajstić information content (AvgIpc) is 3.31. The van der Waals surface area contributed by atoms with Gasteiger partial charge in [-0.1, -0.05) is 52.9 Å². The molecule has 0 aliphatic carbocycles. The Bertz CT molecular complexity index is 1480. The maximum Gasteiger partial charge on any atom is 0.239 e. The highest BCUT2D eigenvalue weighted by Crippen LogP contribution is 2.31. The summed E-state index contributed by atoms with van der Waals surface area (Å²) >= 11 is 8.83. The van der Waals surface area contributed by atoms with Gasteiger partial charge in [0.25, 0.3) is 0 Å². The molecule has 1 atom stereocenters. The van der Waals surface area contributed by atoms with Crippen molar-refractivity contribution in [2.45, 2.75) is 31.2 Å². The molecule has 0 spiro atoms. The van der Waals surface area contributed by atoms with Crippen LogP contribution >= 0.6 is 34.7 Å². The van der Waals surface area contributed by atoms with Gasteiger partial charge in [-0.25, -0.2) is 4.98 Å². The van der Waals surface area contributed by atoms with E-state index in [-0.39, 0.29) is 11.2 Å². The normalized spacial score (nSPS) is 12.6. The number of thioether (sulfide) groups is 1. The number of hydrogen-bond donors (Lipinski definition) is 1.